The Labute approximate surface area is 191 Å². The third kappa shape index (κ3) is 4.91. The van der Waals surface area contributed by atoms with Gasteiger partial charge in [0.15, 0.2) is 0 Å². The maximum atomic E-state index is 12.9. The number of carbonyl (C=O) groups excluding carboxylic acids is 1. The fourth-order valence-corrected chi connectivity index (χ4v) is 4.13. The number of hydrogen-bond donors (Lipinski definition) is 3. The average Bonchev–Trinajstić information content (AvgIpc) is 3.22. The lowest BCUT2D eigenvalue weighted by Crippen LogP contribution is -2.43. The van der Waals surface area contributed by atoms with Gasteiger partial charge >= 0.3 is 0 Å². The van der Waals surface area contributed by atoms with Crippen LogP contribution in [0.4, 0.5) is 5.69 Å². The van der Waals surface area contributed by atoms with E-state index in [9.17, 15) is 9.90 Å². The van der Waals surface area contributed by atoms with Crippen molar-refractivity contribution in [1.82, 2.24) is 10.6 Å². The lowest BCUT2D eigenvalue weighted by Gasteiger charge is -2.30. The summed E-state index contributed by atoms with van der Waals surface area (Å²) in [6.45, 7) is 10.5. The number of hydrogen-bond acceptors (Lipinski definition) is 5. The van der Waals surface area contributed by atoms with E-state index in [-0.39, 0.29) is 23.6 Å². The molecular formula is C26H35N3O3. The molecule has 2 aromatic carbocycles. The number of phenolic OH excluding ortho intramolecular Hbond substituents is 1. The second-order valence-electron chi connectivity index (χ2n) is 8.32. The molecule has 2 aromatic rings. The second kappa shape index (κ2) is 10.6. The Balaban J connectivity index is 2.04. The molecule has 3 N–H and O–H groups in total. The molecule has 172 valence electrons. The number of amides is 1. The molecule has 0 saturated carbocycles. The molecule has 1 amide bonds. The van der Waals surface area contributed by atoms with Gasteiger partial charge in [-0.05, 0) is 55.1 Å². The summed E-state index contributed by atoms with van der Waals surface area (Å²) in [7, 11) is 1.61. The van der Waals surface area contributed by atoms with Crippen molar-refractivity contribution < 1.29 is 14.6 Å². The lowest BCUT2D eigenvalue weighted by molar-refractivity contribution is -0.121. The quantitative estimate of drug-likeness (QED) is 0.543. The smallest absolute Gasteiger partial charge is 0.243 e. The van der Waals surface area contributed by atoms with Gasteiger partial charge in [-0.3, -0.25) is 4.79 Å². The molecule has 1 aliphatic heterocycles. The van der Waals surface area contributed by atoms with Gasteiger partial charge in [-0.25, -0.2) is 0 Å². The summed E-state index contributed by atoms with van der Waals surface area (Å²) < 4.78 is 5.49. The predicted octanol–water partition coefficient (Wildman–Crippen LogP) is 4.39. The number of benzene rings is 2. The van der Waals surface area contributed by atoms with Crippen LogP contribution >= 0.6 is 0 Å². The van der Waals surface area contributed by atoms with Crippen LogP contribution in [0.2, 0.25) is 0 Å². The Bertz CT molecular complexity index is 967. The Morgan fingerprint density at radius 3 is 2.50 bits per heavy atom. The van der Waals surface area contributed by atoms with Crippen LogP contribution in [0.25, 0.3) is 5.70 Å². The standard InChI is InChI=1S/C26H35N3O3/c1-6-27-16-18-8-10-19(11-9-18)29-22(12-13-23(29)26(31)28-7-2)21-14-20(17(3)4)25(32-5)15-24(21)30/h8-12,14-15,17,23,27,30H,6-7,13,16H2,1-5H3,(H,28,31). The minimum atomic E-state index is -0.367. The maximum absolute atomic E-state index is 12.9. The molecule has 0 saturated heterocycles. The van der Waals surface area contributed by atoms with Crippen LogP contribution in [0.5, 0.6) is 11.5 Å². The molecule has 3 rings (SSSR count). The molecule has 1 aliphatic rings. The molecule has 6 heteroatoms. The van der Waals surface area contributed by atoms with E-state index in [1.807, 2.05) is 36.1 Å². The second-order valence-corrected chi connectivity index (χ2v) is 8.32. The normalized spacial score (nSPS) is 15.8. The lowest BCUT2D eigenvalue weighted by atomic mass is 9.97. The number of rotatable bonds is 9. The number of carbonyl (C=O) groups is 1. The van der Waals surface area contributed by atoms with Crippen molar-refractivity contribution in [3.8, 4) is 11.5 Å². The zero-order chi connectivity index (χ0) is 23.3. The van der Waals surface area contributed by atoms with Crippen LogP contribution in [0.3, 0.4) is 0 Å². The van der Waals surface area contributed by atoms with Crippen molar-refractivity contribution in [3.05, 3.63) is 59.2 Å². The molecule has 1 unspecified atom stereocenters. The summed E-state index contributed by atoms with van der Waals surface area (Å²) in [6, 6.07) is 11.5. The Morgan fingerprint density at radius 2 is 1.91 bits per heavy atom. The third-order valence-electron chi connectivity index (χ3n) is 5.80. The van der Waals surface area contributed by atoms with Crippen molar-refractivity contribution >= 4 is 17.3 Å². The number of phenols is 1. The van der Waals surface area contributed by atoms with Crippen LogP contribution in [-0.4, -0.2) is 37.3 Å². The average molecular weight is 438 g/mol. The number of aromatic hydroxyl groups is 1. The van der Waals surface area contributed by atoms with E-state index in [0.29, 0.717) is 24.3 Å². The summed E-state index contributed by atoms with van der Waals surface area (Å²) in [5.74, 6) is 1.01. The first kappa shape index (κ1) is 23.7. The highest BCUT2D eigenvalue weighted by Crippen LogP contribution is 2.42. The number of nitrogens with one attached hydrogen (secondary N) is 2. The number of anilines is 1. The van der Waals surface area contributed by atoms with Crippen molar-refractivity contribution in [3.63, 3.8) is 0 Å². The molecule has 0 aliphatic carbocycles. The fraction of sp³-hybridized carbons (Fsp3) is 0.423. The zero-order valence-corrected chi connectivity index (χ0v) is 19.7. The zero-order valence-electron chi connectivity index (χ0n) is 19.7. The first-order valence-electron chi connectivity index (χ1n) is 11.4. The van der Waals surface area contributed by atoms with Gasteiger partial charge in [0.25, 0.3) is 0 Å². The highest BCUT2D eigenvalue weighted by Gasteiger charge is 2.34. The van der Waals surface area contributed by atoms with E-state index >= 15 is 0 Å². The first-order valence-corrected chi connectivity index (χ1v) is 11.4. The molecule has 1 heterocycles. The van der Waals surface area contributed by atoms with Crippen molar-refractivity contribution in [2.45, 2.75) is 52.6 Å². The molecule has 32 heavy (non-hydrogen) atoms. The topological polar surface area (TPSA) is 73.8 Å². The number of likely N-dealkylation sites (N-methyl/N-ethyl adjacent to an activating group) is 1. The molecule has 6 nitrogen and oxygen atoms in total. The highest BCUT2D eigenvalue weighted by molar-refractivity contribution is 5.96. The number of methoxy groups -OCH3 is 1. The van der Waals surface area contributed by atoms with Gasteiger partial charge in [0, 0.05) is 36.1 Å². The van der Waals surface area contributed by atoms with E-state index in [1.165, 1.54) is 5.56 Å². The van der Waals surface area contributed by atoms with Crippen LogP contribution in [-0.2, 0) is 11.3 Å². The Morgan fingerprint density at radius 1 is 1.19 bits per heavy atom. The van der Waals surface area contributed by atoms with Crippen LogP contribution < -0.4 is 20.3 Å². The Kier molecular flexibility index (Phi) is 7.80. The van der Waals surface area contributed by atoms with E-state index in [1.54, 1.807) is 13.2 Å². The maximum Gasteiger partial charge on any atom is 0.243 e. The molecule has 1 atom stereocenters. The van der Waals surface area contributed by atoms with Crippen molar-refractivity contribution in [1.29, 1.82) is 0 Å². The van der Waals surface area contributed by atoms with Crippen molar-refractivity contribution in [2.75, 3.05) is 25.1 Å². The predicted molar refractivity (Wildman–Crippen MR) is 130 cm³/mol. The SMILES string of the molecule is CCNCc1ccc(N2C(c3cc(C(C)C)c(OC)cc3O)=CCC2C(=O)NCC)cc1. The Hall–Kier alpha value is -2.99. The molecule has 0 fully saturated rings. The summed E-state index contributed by atoms with van der Waals surface area (Å²) >= 11 is 0. The van der Waals surface area contributed by atoms with Crippen LogP contribution in [0.15, 0.2) is 42.5 Å². The molecular weight excluding hydrogens is 402 g/mol. The largest absolute Gasteiger partial charge is 0.507 e. The monoisotopic (exact) mass is 437 g/mol. The number of ether oxygens (including phenoxy) is 1. The fourth-order valence-electron chi connectivity index (χ4n) is 4.13. The summed E-state index contributed by atoms with van der Waals surface area (Å²) in [5, 5.41) is 17.2. The van der Waals surface area contributed by atoms with Crippen LogP contribution in [0, 0.1) is 0 Å². The van der Waals surface area contributed by atoms with E-state index in [0.717, 1.165) is 30.0 Å². The van der Waals surface area contributed by atoms with Gasteiger partial charge in [-0.2, -0.15) is 0 Å². The van der Waals surface area contributed by atoms with Gasteiger partial charge in [0.2, 0.25) is 5.91 Å². The molecule has 0 spiro atoms. The van der Waals surface area contributed by atoms with Crippen molar-refractivity contribution in [2.24, 2.45) is 0 Å². The highest BCUT2D eigenvalue weighted by atomic mass is 16.5. The minimum absolute atomic E-state index is 0.0208. The van der Waals surface area contributed by atoms with Gasteiger partial charge in [0.05, 0.1) is 7.11 Å². The molecule has 0 radical (unpaired) electrons. The summed E-state index contributed by atoms with van der Waals surface area (Å²) in [5.41, 5.74) is 4.67. The number of nitrogens with zero attached hydrogens (tertiary/aromatic N) is 1. The van der Waals surface area contributed by atoms with E-state index in [4.69, 9.17) is 4.74 Å². The van der Waals surface area contributed by atoms with Gasteiger partial charge < -0.3 is 25.4 Å². The first-order chi connectivity index (χ1) is 15.4. The van der Waals surface area contributed by atoms with Gasteiger partial charge in [0.1, 0.15) is 17.5 Å². The van der Waals surface area contributed by atoms with Crippen LogP contribution in [0.1, 0.15) is 56.7 Å². The van der Waals surface area contributed by atoms with Gasteiger partial charge in [-0.1, -0.05) is 39.0 Å². The summed E-state index contributed by atoms with van der Waals surface area (Å²) in [4.78, 5) is 14.9. The van der Waals surface area contributed by atoms with E-state index < -0.39 is 0 Å². The molecule has 0 aromatic heterocycles. The summed E-state index contributed by atoms with van der Waals surface area (Å²) in [6.07, 6.45) is 2.61. The third-order valence-corrected chi connectivity index (χ3v) is 5.80. The van der Waals surface area contributed by atoms with Gasteiger partial charge in [-0.15, -0.1) is 0 Å². The molecule has 0 bridgehead atoms. The van der Waals surface area contributed by atoms with E-state index in [2.05, 4.69) is 43.5 Å². The minimum Gasteiger partial charge on any atom is -0.507 e.